The van der Waals surface area contributed by atoms with Crippen LogP contribution in [0.1, 0.15) is 42.6 Å². The van der Waals surface area contributed by atoms with Crippen LogP contribution in [0.3, 0.4) is 0 Å². The molecule has 1 saturated heterocycles. The lowest BCUT2D eigenvalue weighted by Crippen LogP contribution is -2.44. The van der Waals surface area contributed by atoms with Crippen molar-refractivity contribution in [2.75, 3.05) is 17.9 Å². The number of H-pyrrole nitrogens is 1. The molecule has 2 aliphatic rings. The maximum atomic E-state index is 15.1. The van der Waals surface area contributed by atoms with Gasteiger partial charge in [-0.05, 0) is 25.0 Å². The van der Waals surface area contributed by atoms with Gasteiger partial charge in [0, 0.05) is 48.4 Å². The summed E-state index contributed by atoms with van der Waals surface area (Å²) in [4.78, 5) is 5.02. The Kier molecular flexibility index (Phi) is 6.17. The maximum absolute atomic E-state index is 15.1. The molecule has 0 radical (unpaired) electrons. The van der Waals surface area contributed by atoms with Crippen molar-refractivity contribution in [3.05, 3.63) is 47.8 Å². The van der Waals surface area contributed by atoms with E-state index in [9.17, 15) is 21.6 Å². The van der Waals surface area contributed by atoms with Gasteiger partial charge in [0.2, 0.25) is 5.13 Å². The molecule has 9 nitrogen and oxygen atoms in total. The Morgan fingerprint density at radius 3 is 2.74 bits per heavy atom. The Morgan fingerprint density at radius 2 is 2.06 bits per heavy atom. The van der Waals surface area contributed by atoms with Crippen molar-refractivity contribution in [2.45, 2.75) is 42.4 Å². The van der Waals surface area contributed by atoms with Crippen molar-refractivity contribution >= 4 is 26.7 Å². The molecule has 0 amide bonds. The molecule has 1 aromatic carbocycles. The third-order valence-electron chi connectivity index (χ3n) is 6.33. The molecule has 35 heavy (non-hydrogen) atoms. The van der Waals surface area contributed by atoms with Crippen LogP contribution in [0.2, 0.25) is 0 Å². The normalized spacial score (nSPS) is 23.5. The highest BCUT2D eigenvalue weighted by Crippen LogP contribution is 2.48. The van der Waals surface area contributed by atoms with Gasteiger partial charge in [-0.25, -0.2) is 17.8 Å². The first kappa shape index (κ1) is 23.9. The monoisotopic (exact) mass is 532 g/mol. The molecular weight excluding hydrogens is 512 g/mol. The average molecular weight is 533 g/mol. The molecule has 15 heteroatoms. The number of rotatable bonds is 5. The highest BCUT2D eigenvalue weighted by molar-refractivity contribution is 7.93. The van der Waals surface area contributed by atoms with Crippen LogP contribution in [-0.4, -0.2) is 52.2 Å². The Morgan fingerprint density at radius 1 is 1.23 bits per heavy atom. The molecule has 0 unspecified atom stereocenters. The predicted octanol–water partition coefficient (Wildman–Crippen LogP) is 4.04. The van der Waals surface area contributed by atoms with E-state index in [2.05, 4.69) is 24.3 Å². The fourth-order valence-electron chi connectivity index (χ4n) is 4.72. The van der Waals surface area contributed by atoms with Crippen LogP contribution in [0.25, 0.3) is 0 Å². The second kappa shape index (κ2) is 9.02. The molecule has 2 aromatic heterocycles. The minimum atomic E-state index is -4.33. The number of alkyl halides is 3. The Bertz CT molecular complexity index is 1280. The molecular formula is C20H20F4N6O3S2. The lowest BCUT2D eigenvalue weighted by atomic mass is 9.85. The topological polar surface area (TPSA) is 113 Å². The molecule has 3 atom stereocenters. The second-order valence-corrected chi connectivity index (χ2v) is 10.8. The fraction of sp³-hybridized carbons (Fsp3) is 0.450. The van der Waals surface area contributed by atoms with Gasteiger partial charge in [-0.3, -0.25) is 14.7 Å². The number of hydrogen-bond donors (Lipinski definition) is 2. The second-order valence-electron chi connectivity index (χ2n) is 8.35. The number of halogens is 4. The van der Waals surface area contributed by atoms with Crippen LogP contribution in [0.4, 0.5) is 22.7 Å². The fourth-order valence-corrected chi connectivity index (χ4v) is 6.46. The smallest absolute Gasteiger partial charge is 0.391 e. The zero-order valence-electron chi connectivity index (χ0n) is 18.0. The van der Waals surface area contributed by atoms with E-state index in [1.165, 1.54) is 6.20 Å². The summed E-state index contributed by atoms with van der Waals surface area (Å²) in [5.74, 6) is -2.30. The van der Waals surface area contributed by atoms with Crippen LogP contribution in [-0.2, 0) is 10.0 Å². The molecule has 2 N–H and O–H groups in total. The largest absolute Gasteiger partial charge is 0.493 e. The third-order valence-corrected chi connectivity index (χ3v) is 8.40. The zero-order chi connectivity index (χ0) is 24.8. The summed E-state index contributed by atoms with van der Waals surface area (Å²) in [6, 6.07) is 2.73. The van der Waals surface area contributed by atoms with Crippen LogP contribution in [0.5, 0.6) is 5.75 Å². The van der Waals surface area contributed by atoms with Gasteiger partial charge in [-0.1, -0.05) is 0 Å². The number of likely N-dealkylation sites (tertiary alicyclic amines) is 1. The van der Waals surface area contributed by atoms with Crippen LogP contribution < -0.4 is 9.46 Å². The van der Waals surface area contributed by atoms with E-state index in [-0.39, 0.29) is 36.9 Å². The number of benzene rings is 1. The number of hydrogen-bond acceptors (Lipinski definition) is 8. The number of piperidine rings is 1. The Balaban J connectivity index is 1.48. The highest BCUT2D eigenvalue weighted by atomic mass is 32.2. The summed E-state index contributed by atoms with van der Waals surface area (Å²) in [7, 11) is -4.31. The third kappa shape index (κ3) is 4.71. The number of ether oxygens (including phenoxy) is 1. The van der Waals surface area contributed by atoms with E-state index in [0.29, 0.717) is 17.7 Å². The summed E-state index contributed by atoms with van der Waals surface area (Å²) in [6.07, 6.45) is -1.54. The van der Waals surface area contributed by atoms with Crippen molar-refractivity contribution in [3.63, 3.8) is 0 Å². The molecule has 188 valence electrons. The number of aromatic amines is 1. The first-order valence-corrected chi connectivity index (χ1v) is 13.0. The number of sulfonamides is 1. The quantitative estimate of drug-likeness (QED) is 0.477. The molecule has 0 bridgehead atoms. The molecule has 5 rings (SSSR count). The summed E-state index contributed by atoms with van der Waals surface area (Å²) >= 11 is 0.799. The van der Waals surface area contributed by atoms with Gasteiger partial charge < -0.3 is 4.74 Å². The van der Waals surface area contributed by atoms with Gasteiger partial charge in [0.05, 0.1) is 24.3 Å². The van der Waals surface area contributed by atoms with E-state index >= 15 is 4.39 Å². The molecule has 0 spiro atoms. The first-order valence-electron chi connectivity index (χ1n) is 10.7. The van der Waals surface area contributed by atoms with Crippen molar-refractivity contribution in [1.82, 2.24) is 24.5 Å². The highest BCUT2D eigenvalue weighted by Gasteiger charge is 2.47. The minimum Gasteiger partial charge on any atom is -0.493 e. The van der Waals surface area contributed by atoms with E-state index in [1.807, 2.05) is 4.90 Å². The molecule has 0 aliphatic carbocycles. The van der Waals surface area contributed by atoms with Crippen LogP contribution >= 0.6 is 11.5 Å². The zero-order valence-corrected chi connectivity index (χ0v) is 19.6. The van der Waals surface area contributed by atoms with Gasteiger partial charge in [0.15, 0.2) is 0 Å². The summed E-state index contributed by atoms with van der Waals surface area (Å²) in [6.45, 7) is 0.319. The number of fused-ring (bicyclic) bond motifs is 1. The standard InChI is InChI=1S/C20H20F4N6O3S2/c21-13-8-12-15(30-5-2-11(20(22,23)24)7-16(30)14-1-4-26-28-14)3-6-33-17(12)9-18(13)35(31,32)29-19-25-10-27-34-19/h1,4,8-11,15-16H,2-3,5-7H2,(H,26,28)(H,25,27,29)/t11-,15+,16+/m1/s1. The molecule has 4 heterocycles. The SMILES string of the molecule is O=S(=O)(Nc1ncns1)c1cc2c(cc1F)[C@@H](N1CC[C@@H](C(F)(F)F)C[C@H]1c1ccn[nH]1)CCO2. The molecule has 2 aliphatic heterocycles. The van der Waals surface area contributed by atoms with Crippen molar-refractivity contribution < 1.29 is 30.7 Å². The predicted molar refractivity (Wildman–Crippen MR) is 117 cm³/mol. The lowest BCUT2D eigenvalue weighted by Gasteiger charge is -2.45. The Hall–Kier alpha value is -2.78. The van der Waals surface area contributed by atoms with Gasteiger partial charge in [-0.15, -0.1) is 0 Å². The van der Waals surface area contributed by atoms with Gasteiger partial charge in [-0.2, -0.15) is 22.6 Å². The summed E-state index contributed by atoms with van der Waals surface area (Å²) in [5.41, 5.74) is 0.923. The summed E-state index contributed by atoms with van der Waals surface area (Å²) < 4.78 is 92.7. The van der Waals surface area contributed by atoms with E-state index in [0.717, 1.165) is 30.0 Å². The number of aromatic nitrogens is 4. The van der Waals surface area contributed by atoms with Crippen LogP contribution in [0, 0.1) is 11.7 Å². The van der Waals surface area contributed by atoms with E-state index < -0.39 is 44.9 Å². The molecule has 1 fully saturated rings. The molecule has 0 saturated carbocycles. The van der Waals surface area contributed by atoms with E-state index in [4.69, 9.17) is 4.74 Å². The number of nitrogens with zero attached hydrogens (tertiary/aromatic N) is 4. The lowest BCUT2D eigenvalue weighted by molar-refractivity contribution is -0.192. The Labute approximate surface area is 201 Å². The summed E-state index contributed by atoms with van der Waals surface area (Å²) in [5, 5.41) is 6.65. The average Bonchev–Trinajstić information content (AvgIpc) is 3.51. The van der Waals surface area contributed by atoms with Crippen molar-refractivity contribution in [1.29, 1.82) is 0 Å². The van der Waals surface area contributed by atoms with E-state index in [1.54, 1.807) is 6.07 Å². The number of anilines is 1. The van der Waals surface area contributed by atoms with Gasteiger partial charge in [0.1, 0.15) is 22.8 Å². The maximum Gasteiger partial charge on any atom is 0.391 e. The first-order chi connectivity index (χ1) is 16.6. The van der Waals surface area contributed by atoms with Gasteiger partial charge >= 0.3 is 6.18 Å². The minimum absolute atomic E-state index is 0.0177. The number of nitrogens with one attached hydrogen (secondary N) is 2. The van der Waals surface area contributed by atoms with Crippen LogP contribution in [0.15, 0.2) is 35.6 Å². The van der Waals surface area contributed by atoms with Crippen molar-refractivity contribution in [2.24, 2.45) is 5.92 Å². The van der Waals surface area contributed by atoms with Crippen molar-refractivity contribution in [3.8, 4) is 5.75 Å². The van der Waals surface area contributed by atoms with Gasteiger partial charge in [0.25, 0.3) is 10.0 Å². The molecule has 3 aromatic rings.